The molecule has 1 aromatic heterocycles. The zero-order chi connectivity index (χ0) is 9.19. The molecule has 12 heavy (non-hydrogen) atoms. The van der Waals surface area contributed by atoms with Crippen LogP contribution in [0.2, 0.25) is 0 Å². The van der Waals surface area contributed by atoms with Gasteiger partial charge in [0.05, 0.1) is 0 Å². The highest BCUT2D eigenvalue weighted by molar-refractivity contribution is 7.05. The third-order valence-electron chi connectivity index (χ3n) is 1.57. The molecule has 0 amide bonds. The Morgan fingerprint density at radius 2 is 2.17 bits per heavy atom. The minimum Gasteiger partial charge on any atom is -0.368 e. The lowest BCUT2D eigenvalue weighted by molar-refractivity contribution is -0.0200. The maximum atomic E-state index is 5.51. The van der Waals surface area contributed by atoms with Crippen molar-refractivity contribution in [2.45, 2.75) is 33.3 Å². The monoisotopic (exact) mass is 186 g/mol. The molecule has 3 nitrogen and oxygen atoms in total. The largest absolute Gasteiger partial charge is 0.368 e. The van der Waals surface area contributed by atoms with Gasteiger partial charge < -0.3 is 4.74 Å². The van der Waals surface area contributed by atoms with Gasteiger partial charge in [-0.1, -0.05) is 0 Å². The fourth-order valence-electron chi connectivity index (χ4n) is 0.969. The number of hydrogen-bond donors (Lipinski definition) is 0. The third-order valence-corrected chi connectivity index (χ3v) is 2.19. The van der Waals surface area contributed by atoms with Crippen LogP contribution >= 0.6 is 11.5 Å². The Morgan fingerprint density at radius 3 is 2.58 bits per heavy atom. The molecule has 0 unspecified atom stereocenters. The van der Waals surface area contributed by atoms with E-state index < -0.39 is 0 Å². The number of aromatic nitrogens is 2. The molecule has 0 bridgehead atoms. The number of hydrogen-bond acceptors (Lipinski definition) is 4. The Balaban J connectivity index is 2.81. The van der Waals surface area contributed by atoms with Crippen LogP contribution in [0, 0.1) is 6.92 Å². The quantitative estimate of drug-likeness (QED) is 0.725. The van der Waals surface area contributed by atoms with Gasteiger partial charge in [-0.2, -0.15) is 4.37 Å². The Labute approximate surface area is 77.0 Å². The fourth-order valence-corrected chi connectivity index (χ4v) is 1.58. The normalized spacial score (nSPS) is 12.0. The second-order valence-corrected chi connectivity index (χ2v) is 4.04. The standard InChI is InChI=1S/C8H14N2OS/c1-5-11-8(3,4)7-9-6(2)12-10-7/h5H2,1-4H3. The van der Waals surface area contributed by atoms with Crippen LogP contribution in [-0.2, 0) is 10.3 Å². The molecular weight excluding hydrogens is 172 g/mol. The molecule has 0 fully saturated rings. The van der Waals surface area contributed by atoms with E-state index in [1.54, 1.807) is 0 Å². The van der Waals surface area contributed by atoms with E-state index in [1.807, 2.05) is 27.7 Å². The van der Waals surface area contributed by atoms with Crippen LogP contribution in [0.4, 0.5) is 0 Å². The number of nitrogens with zero attached hydrogens (tertiary/aromatic N) is 2. The molecule has 1 rings (SSSR count). The average Bonchev–Trinajstić information content (AvgIpc) is 2.36. The Kier molecular flexibility index (Phi) is 2.80. The second kappa shape index (κ2) is 3.49. The SMILES string of the molecule is CCOC(C)(C)c1nsc(C)n1. The smallest absolute Gasteiger partial charge is 0.173 e. The fraction of sp³-hybridized carbons (Fsp3) is 0.750. The predicted octanol–water partition coefficient (Wildman–Crippen LogP) is 2.12. The molecule has 0 aliphatic heterocycles. The van der Waals surface area contributed by atoms with Gasteiger partial charge in [-0.15, -0.1) is 0 Å². The second-order valence-electron chi connectivity index (χ2n) is 3.08. The lowest BCUT2D eigenvalue weighted by Gasteiger charge is -2.20. The molecule has 0 aromatic carbocycles. The van der Waals surface area contributed by atoms with Crippen molar-refractivity contribution < 1.29 is 4.74 Å². The van der Waals surface area contributed by atoms with Gasteiger partial charge in [-0.25, -0.2) is 4.98 Å². The van der Waals surface area contributed by atoms with E-state index in [-0.39, 0.29) is 5.60 Å². The zero-order valence-electron chi connectivity index (χ0n) is 7.92. The molecule has 0 N–H and O–H groups in total. The summed E-state index contributed by atoms with van der Waals surface area (Å²) in [6.45, 7) is 8.57. The van der Waals surface area contributed by atoms with Gasteiger partial charge in [0.25, 0.3) is 0 Å². The van der Waals surface area contributed by atoms with Crippen molar-refractivity contribution in [3.05, 3.63) is 10.8 Å². The number of ether oxygens (including phenoxy) is 1. The summed E-state index contributed by atoms with van der Waals surface area (Å²) < 4.78 is 9.72. The van der Waals surface area contributed by atoms with E-state index in [2.05, 4.69) is 9.36 Å². The van der Waals surface area contributed by atoms with Crippen molar-refractivity contribution in [3.63, 3.8) is 0 Å². The minimum atomic E-state index is -0.348. The van der Waals surface area contributed by atoms with E-state index in [0.29, 0.717) is 6.61 Å². The summed E-state index contributed by atoms with van der Waals surface area (Å²) in [5.74, 6) is 0.784. The van der Waals surface area contributed by atoms with Crippen LogP contribution in [0.3, 0.4) is 0 Å². The molecule has 68 valence electrons. The summed E-state index contributed by atoms with van der Waals surface area (Å²) in [7, 11) is 0. The van der Waals surface area contributed by atoms with Crippen molar-refractivity contribution in [1.29, 1.82) is 0 Å². The maximum Gasteiger partial charge on any atom is 0.173 e. The van der Waals surface area contributed by atoms with Gasteiger partial charge in [0.1, 0.15) is 10.6 Å². The van der Waals surface area contributed by atoms with Crippen molar-refractivity contribution in [2.24, 2.45) is 0 Å². The Bertz CT molecular complexity index is 257. The van der Waals surface area contributed by atoms with Gasteiger partial charge in [0.2, 0.25) is 0 Å². The highest BCUT2D eigenvalue weighted by Crippen LogP contribution is 2.22. The first-order valence-corrected chi connectivity index (χ1v) is 4.78. The first kappa shape index (κ1) is 9.61. The summed E-state index contributed by atoms with van der Waals surface area (Å²) in [5, 5.41) is 0.984. The lowest BCUT2D eigenvalue weighted by Crippen LogP contribution is -2.23. The molecule has 0 saturated carbocycles. The molecule has 0 aliphatic carbocycles. The summed E-state index contributed by atoms with van der Waals surface area (Å²) in [4.78, 5) is 4.28. The molecule has 4 heteroatoms. The summed E-state index contributed by atoms with van der Waals surface area (Å²) in [5.41, 5.74) is -0.348. The summed E-state index contributed by atoms with van der Waals surface area (Å²) in [6, 6.07) is 0. The Hall–Kier alpha value is -0.480. The van der Waals surface area contributed by atoms with Crippen molar-refractivity contribution in [1.82, 2.24) is 9.36 Å². The Morgan fingerprint density at radius 1 is 1.50 bits per heavy atom. The highest BCUT2D eigenvalue weighted by Gasteiger charge is 2.25. The molecule has 0 aliphatic rings. The van der Waals surface area contributed by atoms with Crippen molar-refractivity contribution >= 4 is 11.5 Å². The van der Waals surface area contributed by atoms with Crippen LogP contribution in [0.5, 0.6) is 0 Å². The van der Waals surface area contributed by atoms with Gasteiger partial charge in [0, 0.05) is 6.61 Å². The van der Waals surface area contributed by atoms with E-state index in [0.717, 1.165) is 10.8 Å². The van der Waals surface area contributed by atoms with Gasteiger partial charge in [0.15, 0.2) is 5.82 Å². The molecule has 0 spiro atoms. The van der Waals surface area contributed by atoms with Crippen molar-refractivity contribution in [2.75, 3.05) is 6.61 Å². The van der Waals surface area contributed by atoms with Gasteiger partial charge >= 0.3 is 0 Å². The predicted molar refractivity (Wildman–Crippen MR) is 49.3 cm³/mol. The number of rotatable bonds is 3. The first-order chi connectivity index (χ1) is 5.56. The topological polar surface area (TPSA) is 35.0 Å². The van der Waals surface area contributed by atoms with Gasteiger partial charge in [-0.05, 0) is 39.2 Å². The molecular formula is C8H14N2OS. The summed E-state index contributed by atoms with van der Waals surface area (Å²) >= 11 is 1.42. The molecule has 1 aromatic rings. The molecule has 0 atom stereocenters. The lowest BCUT2D eigenvalue weighted by atomic mass is 10.1. The summed E-state index contributed by atoms with van der Waals surface area (Å²) in [6.07, 6.45) is 0. The molecule has 0 radical (unpaired) electrons. The molecule has 0 saturated heterocycles. The molecule has 1 heterocycles. The van der Waals surface area contributed by atoms with Crippen LogP contribution in [0.1, 0.15) is 31.6 Å². The maximum absolute atomic E-state index is 5.51. The van der Waals surface area contributed by atoms with Crippen LogP contribution < -0.4 is 0 Å². The number of aryl methyl sites for hydroxylation is 1. The van der Waals surface area contributed by atoms with Crippen LogP contribution in [-0.4, -0.2) is 16.0 Å². The third kappa shape index (κ3) is 2.01. The van der Waals surface area contributed by atoms with E-state index in [9.17, 15) is 0 Å². The zero-order valence-corrected chi connectivity index (χ0v) is 8.73. The first-order valence-electron chi connectivity index (χ1n) is 4.01. The van der Waals surface area contributed by atoms with Crippen LogP contribution in [0.25, 0.3) is 0 Å². The van der Waals surface area contributed by atoms with E-state index in [4.69, 9.17) is 4.74 Å². The van der Waals surface area contributed by atoms with Crippen molar-refractivity contribution in [3.8, 4) is 0 Å². The van der Waals surface area contributed by atoms with E-state index in [1.165, 1.54) is 11.5 Å². The highest BCUT2D eigenvalue weighted by atomic mass is 32.1. The van der Waals surface area contributed by atoms with E-state index >= 15 is 0 Å². The average molecular weight is 186 g/mol. The van der Waals surface area contributed by atoms with Crippen LogP contribution in [0.15, 0.2) is 0 Å². The van der Waals surface area contributed by atoms with Gasteiger partial charge in [-0.3, -0.25) is 0 Å². The minimum absolute atomic E-state index is 0.348.